The molecule has 1 unspecified atom stereocenters. The summed E-state index contributed by atoms with van der Waals surface area (Å²) in [6.07, 6.45) is 4.29. The minimum atomic E-state index is -0.0179. The Hall–Kier alpha value is -2.24. The molecule has 2 aromatic rings. The lowest BCUT2D eigenvalue weighted by molar-refractivity contribution is -0.126. The monoisotopic (exact) mass is 313 g/mol. The van der Waals surface area contributed by atoms with Crippen LogP contribution in [0.5, 0.6) is 0 Å². The number of hydrogen-bond donors (Lipinski definition) is 1. The summed E-state index contributed by atoms with van der Waals surface area (Å²) in [5.41, 5.74) is 3.39. The van der Waals surface area contributed by atoms with Crippen LogP contribution in [-0.4, -0.2) is 32.2 Å². The molecule has 1 aliphatic heterocycles. The van der Waals surface area contributed by atoms with E-state index in [1.807, 2.05) is 24.7 Å². The number of rotatable bonds is 4. The van der Waals surface area contributed by atoms with Crippen molar-refractivity contribution in [3.8, 4) is 0 Å². The Morgan fingerprint density at radius 1 is 1.39 bits per heavy atom. The Balaban J connectivity index is 1.52. The standard InChI is InChI=1S/C17H23N5O/c1-11-8-12(2)15(19-9-11)6-7-18-17(23)14-4-5-16-20-13(3)21-22(16)10-14/h8-9,14H,4-7,10H2,1-3H3,(H,18,23). The van der Waals surface area contributed by atoms with Crippen LogP contribution in [-0.2, 0) is 24.2 Å². The quantitative estimate of drug-likeness (QED) is 0.929. The van der Waals surface area contributed by atoms with E-state index in [0.29, 0.717) is 13.1 Å². The molecule has 6 heteroatoms. The highest BCUT2D eigenvalue weighted by Gasteiger charge is 2.26. The smallest absolute Gasteiger partial charge is 0.225 e. The van der Waals surface area contributed by atoms with Gasteiger partial charge in [-0.05, 0) is 38.3 Å². The fourth-order valence-electron chi connectivity index (χ4n) is 3.10. The number of nitrogens with zero attached hydrogens (tertiary/aromatic N) is 4. The molecule has 3 heterocycles. The van der Waals surface area contributed by atoms with E-state index in [1.165, 1.54) is 5.56 Å². The van der Waals surface area contributed by atoms with Gasteiger partial charge in [-0.1, -0.05) is 6.07 Å². The third-order valence-electron chi connectivity index (χ3n) is 4.32. The second-order valence-corrected chi connectivity index (χ2v) is 6.31. The van der Waals surface area contributed by atoms with Crippen molar-refractivity contribution in [3.63, 3.8) is 0 Å². The van der Waals surface area contributed by atoms with Crippen molar-refractivity contribution in [1.82, 2.24) is 25.1 Å². The maximum atomic E-state index is 12.4. The van der Waals surface area contributed by atoms with Crippen molar-refractivity contribution in [3.05, 3.63) is 40.7 Å². The molecule has 6 nitrogen and oxygen atoms in total. The molecule has 1 atom stereocenters. The van der Waals surface area contributed by atoms with E-state index in [4.69, 9.17) is 0 Å². The summed E-state index contributed by atoms with van der Waals surface area (Å²) >= 11 is 0. The fourth-order valence-corrected chi connectivity index (χ4v) is 3.10. The van der Waals surface area contributed by atoms with Crippen LogP contribution in [0, 0.1) is 26.7 Å². The van der Waals surface area contributed by atoms with Crippen LogP contribution >= 0.6 is 0 Å². The number of nitrogens with one attached hydrogen (secondary N) is 1. The van der Waals surface area contributed by atoms with Crippen molar-refractivity contribution < 1.29 is 4.79 Å². The lowest BCUT2D eigenvalue weighted by atomic mass is 9.99. The van der Waals surface area contributed by atoms with Gasteiger partial charge in [0.05, 0.1) is 12.5 Å². The normalized spacial score (nSPS) is 16.9. The molecule has 0 saturated heterocycles. The van der Waals surface area contributed by atoms with E-state index in [1.54, 1.807) is 0 Å². The molecule has 0 aliphatic carbocycles. The van der Waals surface area contributed by atoms with Crippen molar-refractivity contribution in [2.45, 2.75) is 46.6 Å². The number of pyridine rings is 1. The molecule has 0 spiro atoms. The maximum Gasteiger partial charge on any atom is 0.225 e. The number of carbonyl (C=O) groups is 1. The maximum absolute atomic E-state index is 12.4. The first-order valence-electron chi connectivity index (χ1n) is 8.13. The number of aromatic nitrogens is 4. The van der Waals surface area contributed by atoms with Crippen molar-refractivity contribution >= 4 is 5.91 Å². The lowest BCUT2D eigenvalue weighted by Gasteiger charge is -2.21. The molecule has 0 bridgehead atoms. The van der Waals surface area contributed by atoms with Crippen molar-refractivity contribution in [2.75, 3.05) is 6.54 Å². The summed E-state index contributed by atoms with van der Waals surface area (Å²) in [6, 6.07) is 2.12. The van der Waals surface area contributed by atoms with Crippen LogP contribution in [0.15, 0.2) is 12.3 Å². The van der Waals surface area contributed by atoms with Gasteiger partial charge >= 0.3 is 0 Å². The summed E-state index contributed by atoms with van der Waals surface area (Å²) in [7, 11) is 0. The molecule has 1 amide bonds. The summed E-state index contributed by atoms with van der Waals surface area (Å²) in [4.78, 5) is 21.2. The van der Waals surface area contributed by atoms with Crippen LogP contribution in [0.1, 0.15) is 34.9 Å². The first kappa shape index (κ1) is 15.6. The number of aryl methyl sites for hydroxylation is 4. The van der Waals surface area contributed by atoms with Crippen LogP contribution in [0.25, 0.3) is 0 Å². The number of amides is 1. The highest BCUT2D eigenvalue weighted by molar-refractivity contribution is 5.78. The van der Waals surface area contributed by atoms with Crippen LogP contribution in [0.3, 0.4) is 0 Å². The van der Waals surface area contributed by atoms with Gasteiger partial charge in [0.25, 0.3) is 0 Å². The number of fused-ring (bicyclic) bond motifs is 1. The molecule has 122 valence electrons. The van der Waals surface area contributed by atoms with Gasteiger partial charge in [-0.2, -0.15) is 5.10 Å². The molecular formula is C17H23N5O. The van der Waals surface area contributed by atoms with Gasteiger partial charge in [0.15, 0.2) is 0 Å². The average molecular weight is 313 g/mol. The Bertz CT molecular complexity index is 722. The van der Waals surface area contributed by atoms with E-state index in [-0.39, 0.29) is 11.8 Å². The second-order valence-electron chi connectivity index (χ2n) is 6.31. The van der Waals surface area contributed by atoms with Crippen LogP contribution < -0.4 is 5.32 Å². The minimum absolute atomic E-state index is 0.0179. The molecule has 1 N–H and O–H groups in total. The molecule has 0 aromatic carbocycles. The predicted octanol–water partition coefficient (Wildman–Crippen LogP) is 1.52. The molecule has 23 heavy (non-hydrogen) atoms. The van der Waals surface area contributed by atoms with E-state index in [9.17, 15) is 4.79 Å². The highest BCUT2D eigenvalue weighted by Crippen LogP contribution is 2.18. The Morgan fingerprint density at radius 2 is 2.22 bits per heavy atom. The molecule has 0 radical (unpaired) electrons. The molecule has 1 aliphatic rings. The van der Waals surface area contributed by atoms with Gasteiger partial charge in [-0.3, -0.25) is 9.78 Å². The minimum Gasteiger partial charge on any atom is -0.355 e. The number of carbonyl (C=O) groups excluding carboxylic acids is 1. The molecular weight excluding hydrogens is 290 g/mol. The number of hydrogen-bond acceptors (Lipinski definition) is 4. The van der Waals surface area contributed by atoms with Gasteiger partial charge in [-0.15, -0.1) is 0 Å². The van der Waals surface area contributed by atoms with Crippen molar-refractivity contribution in [1.29, 1.82) is 0 Å². The molecule has 2 aromatic heterocycles. The summed E-state index contributed by atoms with van der Waals surface area (Å²) in [5.74, 6) is 1.86. The zero-order chi connectivity index (χ0) is 16.4. The lowest BCUT2D eigenvalue weighted by Crippen LogP contribution is -2.37. The highest BCUT2D eigenvalue weighted by atomic mass is 16.1. The summed E-state index contributed by atoms with van der Waals surface area (Å²) in [5, 5.41) is 7.39. The van der Waals surface area contributed by atoms with Crippen LogP contribution in [0.2, 0.25) is 0 Å². The summed E-state index contributed by atoms with van der Waals surface area (Å²) < 4.78 is 1.87. The van der Waals surface area contributed by atoms with Gasteiger partial charge < -0.3 is 5.32 Å². The molecule has 3 rings (SSSR count). The third-order valence-corrected chi connectivity index (χ3v) is 4.32. The van der Waals surface area contributed by atoms with Crippen molar-refractivity contribution in [2.24, 2.45) is 5.92 Å². The third kappa shape index (κ3) is 3.57. The van der Waals surface area contributed by atoms with Gasteiger partial charge in [0, 0.05) is 31.3 Å². The average Bonchev–Trinajstić information content (AvgIpc) is 2.88. The second kappa shape index (κ2) is 6.48. The van der Waals surface area contributed by atoms with E-state index < -0.39 is 0 Å². The Morgan fingerprint density at radius 3 is 3.00 bits per heavy atom. The Labute approximate surface area is 136 Å². The largest absolute Gasteiger partial charge is 0.355 e. The zero-order valence-electron chi connectivity index (χ0n) is 14.0. The fraction of sp³-hybridized carbons (Fsp3) is 0.529. The molecule has 0 fully saturated rings. The Kier molecular flexibility index (Phi) is 4.41. The summed E-state index contributed by atoms with van der Waals surface area (Å²) in [6.45, 7) is 7.23. The molecule has 0 saturated carbocycles. The SMILES string of the molecule is Cc1cnc(CCNC(=O)C2CCc3nc(C)nn3C2)c(C)c1. The topological polar surface area (TPSA) is 72.7 Å². The van der Waals surface area contributed by atoms with E-state index in [0.717, 1.165) is 42.2 Å². The zero-order valence-corrected chi connectivity index (χ0v) is 14.0. The van der Waals surface area contributed by atoms with Gasteiger partial charge in [0.1, 0.15) is 11.6 Å². The van der Waals surface area contributed by atoms with Crippen LogP contribution in [0.4, 0.5) is 0 Å². The van der Waals surface area contributed by atoms with Gasteiger partial charge in [0.2, 0.25) is 5.91 Å². The first-order valence-corrected chi connectivity index (χ1v) is 8.13. The predicted molar refractivity (Wildman–Crippen MR) is 87.0 cm³/mol. The first-order chi connectivity index (χ1) is 11.0. The van der Waals surface area contributed by atoms with Gasteiger partial charge in [-0.25, -0.2) is 9.67 Å². The van der Waals surface area contributed by atoms with E-state index >= 15 is 0 Å². The van der Waals surface area contributed by atoms with E-state index in [2.05, 4.69) is 33.4 Å².